The molecule has 4 rings (SSSR count). The second kappa shape index (κ2) is 8.88. The predicted molar refractivity (Wildman–Crippen MR) is 119 cm³/mol. The third-order valence-electron chi connectivity index (χ3n) is 5.36. The highest BCUT2D eigenvalue weighted by Gasteiger charge is 2.30. The van der Waals surface area contributed by atoms with Crippen LogP contribution in [0.3, 0.4) is 0 Å². The molecule has 0 spiro atoms. The molecule has 1 saturated heterocycles. The summed E-state index contributed by atoms with van der Waals surface area (Å²) in [7, 11) is -3.28. The van der Waals surface area contributed by atoms with Gasteiger partial charge >= 0.3 is 6.18 Å². The number of aromatic nitrogens is 3. The normalized spacial score (nSPS) is 15.6. The summed E-state index contributed by atoms with van der Waals surface area (Å²) in [4.78, 5) is 5.90. The van der Waals surface area contributed by atoms with Crippen molar-refractivity contribution in [2.24, 2.45) is 0 Å². The fraction of sp³-hybridized carbons (Fsp3) is 0.286. The molecule has 3 aromatic rings. The van der Waals surface area contributed by atoms with E-state index in [-0.39, 0.29) is 0 Å². The third-order valence-corrected chi connectivity index (χ3v) is 6.97. The summed E-state index contributed by atoms with van der Waals surface area (Å²) in [5, 5.41) is 8.95. The van der Waals surface area contributed by atoms with Gasteiger partial charge in [0.1, 0.15) is 5.69 Å². The van der Waals surface area contributed by atoms with E-state index in [4.69, 9.17) is 11.6 Å². The number of alkyl halides is 3. The molecular weight excluding hydrogens is 479 g/mol. The van der Waals surface area contributed by atoms with E-state index >= 15 is 0 Å². The van der Waals surface area contributed by atoms with Crippen LogP contribution in [-0.4, -0.2) is 60.3 Å². The van der Waals surface area contributed by atoms with Gasteiger partial charge in [-0.1, -0.05) is 23.7 Å². The van der Waals surface area contributed by atoms with Crippen molar-refractivity contribution in [3.8, 4) is 22.4 Å². The first-order chi connectivity index (χ1) is 15.5. The Morgan fingerprint density at radius 2 is 1.64 bits per heavy atom. The summed E-state index contributed by atoms with van der Waals surface area (Å²) in [6, 6.07) is 8.13. The molecule has 174 valence electrons. The maximum absolute atomic E-state index is 13.0. The van der Waals surface area contributed by atoms with E-state index in [0.717, 1.165) is 12.1 Å². The Kier molecular flexibility index (Phi) is 6.30. The van der Waals surface area contributed by atoms with Crippen molar-refractivity contribution in [2.75, 3.05) is 37.3 Å². The molecule has 0 bridgehead atoms. The SMILES string of the molecule is CS(=O)(=O)N1CCN(c2cc(-c3ccncc3Cl)c(-c3ccc(C(F)(F)F)cc3)nn2)CC1. The Bertz CT molecular complexity index is 1260. The van der Waals surface area contributed by atoms with Gasteiger partial charge in [-0.3, -0.25) is 4.98 Å². The van der Waals surface area contributed by atoms with Crippen LogP contribution in [0.5, 0.6) is 0 Å². The van der Waals surface area contributed by atoms with Crippen LogP contribution < -0.4 is 4.90 Å². The molecule has 0 atom stereocenters. The summed E-state index contributed by atoms with van der Waals surface area (Å²) >= 11 is 6.36. The van der Waals surface area contributed by atoms with Crippen LogP contribution in [0.4, 0.5) is 19.0 Å². The minimum absolute atomic E-state index is 0.312. The first-order valence-electron chi connectivity index (χ1n) is 9.89. The number of rotatable bonds is 4. The third kappa shape index (κ3) is 5.10. The maximum Gasteiger partial charge on any atom is 0.416 e. The van der Waals surface area contributed by atoms with Crippen LogP contribution >= 0.6 is 11.6 Å². The number of halogens is 4. The van der Waals surface area contributed by atoms with Crippen molar-refractivity contribution in [3.63, 3.8) is 0 Å². The largest absolute Gasteiger partial charge is 0.416 e. The molecule has 1 aliphatic rings. The van der Waals surface area contributed by atoms with E-state index in [1.807, 2.05) is 4.90 Å². The number of hydrogen-bond donors (Lipinski definition) is 0. The van der Waals surface area contributed by atoms with Crippen LogP contribution in [0.2, 0.25) is 5.02 Å². The molecular formula is C21H19ClF3N5O2S. The fourth-order valence-electron chi connectivity index (χ4n) is 3.61. The second-order valence-corrected chi connectivity index (χ2v) is 9.93. The van der Waals surface area contributed by atoms with Gasteiger partial charge in [-0.2, -0.15) is 17.5 Å². The summed E-state index contributed by atoms with van der Waals surface area (Å²) < 4.78 is 63.9. The Hall–Kier alpha value is -2.76. The average Bonchev–Trinajstić information content (AvgIpc) is 2.78. The number of benzene rings is 1. The van der Waals surface area contributed by atoms with Crippen LogP contribution in [-0.2, 0) is 16.2 Å². The summed E-state index contributed by atoms with van der Waals surface area (Å²) in [5.74, 6) is 0.515. The number of nitrogens with zero attached hydrogens (tertiary/aromatic N) is 5. The zero-order valence-electron chi connectivity index (χ0n) is 17.4. The van der Waals surface area contributed by atoms with Gasteiger partial charge in [0, 0.05) is 55.3 Å². The molecule has 33 heavy (non-hydrogen) atoms. The van der Waals surface area contributed by atoms with Crippen molar-refractivity contribution in [1.29, 1.82) is 0 Å². The summed E-state index contributed by atoms with van der Waals surface area (Å²) in [5.41, 5.74) is 1.25. The molecule has 12 heteroatoms. The topological polar surface area (TPSA) is 79.3 Å². The fourth-order valence-corrected chi connectivity index (χ4v) is 4.66. The Morgan fingerprint density at radius 3 is 2.21 bits per heavy atom. The van der Waals surface area contributed by atoms with Crippen LogP contribution in [0, 0.1) is 0 Å². The first kappa shape index (κ1) is 23.4. The minimum atomic E-state index is -4.45. The molecule has 1 fully saturated rings. The van der Waals surface area contributed by atoms with Crippen LogP contribution in [0.25, 0.3) is 22.4 Å². The lowest BCUT2D eigenvalue weighted by atomic mass is 9.99. The quantitative estimate of drug-likeness (QED) is 0.543. The van der Waals surface area contributed by atoms with Crippen LogP contribution in [0.1, 0.15) is 5.56 Å². The monoisotopic (exact) mass is 497 g/mol. The average molecular weight is 498 g/mol. The molecule has 0 radical (unpaired) electrons. The number of pyridine rings is 1. The van der Waals surface area contributed by atoms with Gasteiger partial charge in [0.05, 0.1) is 16.8 Å². The summed E-state index contributed by atoms with van der Waals surface area (Å²) in [6.45, 7) is 1.47. The van der Waals surface area contributed by atoms with Crippen molar-refractivity contribution in [3.05, 3.63) is 59.4 Å². The Labute approximate surface area is 193 Å². The Balaban J connectivity index is 1.73. The molecule has 0 aliphatic carbocycles. The highest BCUT2D eigenvalue weighted by molar-refractivity contribution is 7.88. The first-order valence-corrected chi connectivity index (χ1v) is 12.1. The zero-order valence-corrected chi connectivity index (χ0v) is 19.0. The molecule has 0 N–H and O–H groups in total. The lowest BCUT2D eigenvalue weighted by Gasteiger charge is -2.34. The van der Waals surface area contributed by atoms with Crippen molar-refractivity contribution in [2.45, 2.75) is 6.18 Å². The van der Waals surface area contributed by atoms with E-state index in [1.165, 1.54) is 28.9 Å². The van der Waals surface area contributed by atoms with Crippen molar-refractivity contribution in [1.82, 2.24) is 19.5 Å². The Morgan fingerprint density at radius 1 is 0.970 bits per heavy atom. The van der Waals surface area contributed by atoms with Gasteiger partial charge in [-0.25, -0.2) is 8.42 Å². The molecule has 3 heterocycles. The molecule has 1 aromatic carbocycles. The van der Waals surface area contributed by atoms with Crippen molar-refractivity contribution >= 4 is 27.4 Å². The lowest BCUT2D eigenvalue weighted by molar-refractivity contribution is -0.137. The number of piperazine rings is 1. The highest BCUT2D eigenvalue weighted by atomic mass is 35.5. The van der Waals surface area contributed by atoms with E-state index in [1.54, 1.807) is 18.3 Å². The van der Waals surface area contributed by atoms with E-state index in [2.05, 4.69) is 15.2 Å². The van der Waals surface area contributed by atoms with Crippen molar-refractivity contribution < 1.29 is 21.6 Å². The molecule has 2 aromatic heterocycles. The van der Waals surface area contributed by atoms with Gasteiger partial charge in [0.15, 0.2) is 5.82 Å². The molecule has 0 unspecified atom stereocenters. The highest BCUT2D eigenvalue weighted by Crippen LogP contribution is 2.37. The van der Waals surface area contributed by atoms with E-state index in [0.29, 0.717) is 59.4 Å². The molecule has 7 nitrogen and oxygen atoms in total. The molecule has 0 amide bonds. The maximum atomic E-state index is 13.0. The smallest absolute Gasteiger partial charge is 0.352 e. The van der Waals surface area contributed by atoms with E-state index in [9.17, 15) is 21.6 Å². The van der Waals surface area contributed by atoms with Crippen LogP contribution in [0.15, 0.2) is 48.8 Å². The lowest BCUT2D eigenvalue weighted by Crippen LogP contribution is -2.48. The van der Waals surface area contributed by atoms with Gasteiger partial charge < -0.3 is 4.90 Å². The number of anilines is 1. The van der Waals surface area contributed by atoms with Gasteiger partial charge in [-0.05, 0) is 24.3 Å². The second-order valence-electron chi connectivity index (χ2n) is 7.54. The number of hydrogen-bond acceptors (Lipinski definition) is 6. The molecule has 0 saturated carbocycles. The van der Waals surface area contributed by atoms with Gasteiger partial charge in [0.25, 0.3) is 0 Å². The van der Waals surface area contributed by atoms with Gasteiger partial charge in [0.2, 0.25) is 10.0 Å². The zero-order chi connectivity index (χ0) is 23.8. The standard InChI is InChI=1S/C21H19ClF3N5O2S/c1-33(31,32)30-10-8-29(9-11-30)19-12-17(16-6-7-26-13-18(16)22)20(28-27-19)14-2-4-15(5-3-14)21(23,24)25/h2-7,12-13H,8-11H2,1H3. The minimum Gasteiger partial charge on any atom is -0.352 e. The molecule has 1 aliphatic heterocycles. The summed E-state index contributed by atoms with van der Waals surface area (Å²) in [6.07, 6.45) is -0.245. The van der Waals surface area contributed by atoms with Gasteiger partial charge in [-0.15, -0.1) is 10.2 Å². The number of sulfonamides is 1. The predicted octanol–water partition coefficient (Wildman–Crippen LogP) is 3.96. The van der Waals surface area contributed by atoms with E-state index < -0.39 is 21.8 Å².